The number of thiophene rings is 1. The van der Waals surface area contributed by atoms with Crippen LogP contribution in [0.2, 0.25) is 0 Å². The first-order chi connectivity index (χ1) is 10.5. The third-order valence-corrected chi connectivity index (χ3v) is 7.45. The van der Waals surface area contributed by atoms with Crippen molar-refractivity contribution >= 4 is 82.5 Å². The lowest BCUT2D eigenvalue weighted by Gasteiger charge is -2.13. The predicted molar refractivity (Wildman–Crippen MR) is 105 cm³/mol. The SMILES string of the molecule is COc1cc(Br)c(NC(=O)CSCc2cccs2)c(Br)c1Br. The molecular formula is C14H12Br3NO2S2. The number of hydrogen-bond acceptors (Lipinski definition) is 4. The molecule has 2 rings (SSSR count). The van der Waals surface area contributed by atoms with Gasteiger partial charge in [-0.15, -0.1) is 23.1 Å². The molecule has 0 aliphatic rings. The smallest absolute Gasteiger partial charge is 0.234 e. The molecule has 0 unspecified atom stereocenters. The second-order valence-corrected chi connectivity index (χ2v) is 8.64. The summed E-state index contributed by atoms with van der Waals surface area (Å²) in [5.41, 5.74) is 0.689. The van der Waals surface area contributed by atoms with Crippen molar-refractivity contribution < 1.29 is 9.53 Å². The fraction of sp³-hybridized carbons (Fsp3) is 0.214. The summed E-state index contributed by atoms with van der Waals surface area (Å²) >= 11 is 13.7. The van der Waals surface area contributed by atoms with E-state index >= 15 is 0 Å². The van der Waals surface area contributed by atoms with Crippen molar-refractivity contribution in [3.05, 3.63) is 41.9 Å². The molecule has 3 nitrogen and oxygen atoms in total. The van der Waals surface area contributed by atoms with E-state index in [4.69, 9.17) is 4.74 Å². The highest BCUT2D eigenvalue weighted by Gasteiger charge is 2.16. The molecule has 0 radical (unpaired) electrons. The van der Waals surface area contributed by atoms with Crippen LogP contribution < -0.4 is 10.1 Å². The number of anilines is 1. The van der Waals surface area contributed by atoms with E-state index in [1.807, 2.05) is 17.5 Å². The van der Waals surface area contributed by atoms with Gasteiger partial charge in [-0.2, -0.15) is 0 Å². The quantitative estimate of drug-likeness (QED) is 0.472. The normalized spacial score (nSPS) is 10.5. The summed E-state index contributed by atoms with van der Waals surface area (Å²) in [5, 5.41) is 4.96. The number of benzene rings is 1. The Bertz CT molecular complexity index is 663. The van der Waals surface area contributed by atoms with Crippen molar-refractivity contribution in [2.45, 2.75) is 5.75 Å². The van der Waals surface area contributed by atoms with Crippen molar-refractivity contribution in [2.75, 3.05) is 18.2 Å². The molecule has 0 fully saturated rings. The Labute approximate surface area is 162 Å². The summed E-state index contributed by atoms with van der Waals surface area (Å²) < 4.78 is 7.52. The minimum absolute atomic E-state index is 0.0416. The molecule has 0 saturated heterocycles. The lowest BCUT2D eigenvalue weighted by Crippen LogP contribution is -2.15. The van der Waals surface area contributed by atoms with Crippen molar-refractivity contribution in [1.82, 2.24) is 0 Å². The monoisotopic (exact) mass is 527 g/mol. The topological polar surface area (TPSA) is 38.3 Å². The molecule has 1 N–H and O–H groups in total. The van der Waals surface area contributed by atoms with E-state index < -0.39 is 0 Å². The number of hydrogen-bond donors (Lipinski definition) is 1. The summed E-state index contributed by atoms with van der Waals surface area (Å²) in [4.78, 5) is 13.4. The van der Waals surface area contributed by atoms with Gasteiger partial charge in [0, 0.05) is 15.1 Å². The number of amides is 1. The molecule has 0 saturated carbocycles. The minimum Gasteiger partial charge on any atom is -0.495 e. The number of methoxy groups -OCH3 is 1. The molecule has 2 aromatic rings. The van der Waals surface area contributed by atoms with Crippen LogP contribution in [0.15, 0.2) is 37.0 Å². The lowest BCUT2D eigenvalue weighted by atomic mass is 10.3. The average Bonchev–Trinajstić information content (AvgIpc) is 3.00. The zero-order valence-electron chi connectivity index (χ0n) is 11.5. The van der Waals surface area contributed by atoms with Gasteiger partial charge in [0.1, 0.15) is 5.75 Å². The Morgan fingerprint density at radius 3 is 2.77 bits per heavy atom. The van der Waals surface area contributed by atoms with Gasteiger partial charge in [-0.05, 0) is 65.3 Å². The Morgan fingerprint density at radius 1 is 1.36 bits per heavy atom. The first-order valence-corrected chi connectivity index (χ1v) is 10.6. The van der Waals surface area contributed by atoms with Gasteiger partial charge in [-0.1, -0.05) is 6.07 Å². The van der Waals surface area contributed by atoms with Gasteiger partial charge in [0.2, 0.25) is 5.91 Å². The Morgan fingerprint density at radius 2 is 2.14 bits per heavy atom. The molecule has 0 spiro atoms. The number of nitrogens with one attached hydrogen (secondary N) is 1. The van der Waals surface area contributed by atoms with Crippen LogP contribution in [0, 0.1) is 0 Å². The first-order valence-electron chi connectivity index (χ1n) is 6.14. The molecule has 1 aromatic heterocycles. The second kappa shape index (κ2) is 8.73. The van der Waals surface area contributed by atoms with Gasteiger partial charge >= 0.3 is 0 Å². The summed E-state index contributed by atoms with van der Waals surface area (Å²) in [5.74, 6) is 1.89. The molecule has 0 aliphatic heterocycles. The fourth-order valence-electron chi connectivity index (χ4n) is 1.65. The van der Waals surface area contributed by atoms with E-state index in [0.717, 1.165) is 19.2 Å². The molecule has 8 heteroatoms. The van der Waals surface area contributed by atoms with E-state index in [-0.39, 0.29) is 5.91 Å². The van der Waals surface area contributed by atoms with Crippen LogP contribution in [0.4, 0.5) is 5.69 Å². The third-order valence-electron chi connectivity index (χ3n) is 2.67. The van der Waals surface area contributed by atoms with Gasteiger partial charge in [-0.25, -0.2) is 0 Å². The van der Waals surface area contributed by atoms with Crippen LogP contribution in [0.1, 0.15) is 4.88 Å². The van der Waals surface area contributed by atoms with Gasteiger partial charge < -0.3 is 10.1 Å². The Balaban J connectivity index is 1.98. The van der Waals surface area contributed by atoms with Gasteiger partial charge in [0.05, 0.1) is 27.5 Å². The van der Waals surface area contributed by atoms with Crippen molar-refractivity contribution in [2.24, 2.45) is 0 Å². The highest BCUT2D eigenvalue weighted by atomic mass is 79.9. The third kappa shape index (κ3) is 4.74. The maximum Gasteiger partial charge on any atom is 0.234 e. The molecule has 0 atom stereocenters. The predicted octanol–water partition coefficient (Wildman–Crippen LogP) is 5.92. The average molecular weight is 530 g/mol. The highest BCUT2D eigenvalue weighted by Crippen LogP contribution is 2.42. The number of rotatable bonds is 6. The van der Waals surface area contributed by atoms with Crippen LogP contribution in [-0.4, -0.2) is 18.8 Å². The van der Waals surface area contributed by atoms with Crippen LogP contribution in [0.3, 0.4) is 0 Å². The van der Waals surface area contributed by atoms with Gasteiger partial charge in [0.15, 0.2) is 0 Å². The fourth-order valence-corrected chi connectivity index (χ4v) is 5.07. The van der Waals surface area contributed by atoms with Crippen LogP contribution in [0.5, 0.6) is 5.75 Å². The molecule has 22 heavy (non-hydrogen) atoms. The summed E-state index contributed by atoms with van der Waals surface area (Å²) in [7, 11) is 1.60. The Hall–Kier alpha value is -0.0200. The van der Waals surface area contributed by atoms with Crippen molar-refractivity contribution in [1.29, 1.82) is 0 Å². The zero-order valence-corrected chi connectivity index (χ0v) is 17.9. The summed E-state index contributed by atoms with van der Waals surface area (Å²) in [6.45, 7) is 0. The van der Waals surface area contributed by atoms with E-state index in [1.165, 1.54) is 4.88 Å². The van der Waals surface area contributed by atoms with E-state index in [9.17, 15) is 4.79 Å². The zero-order chi connectivity index (χ0) is 16.1. The number of halogens is 3. The molecule has 0 bridgehead atoms. The maximum atomic E-state index is 12.1. The van der Waals surface area contributed by atoms with E-state index in [2.05, 4.69) is 59.2 Å². The van der Waals surface area contributed by atoms with Gasteiger partial charge in [0.25, 0.3) is 0 Å². The standard InChI is InChI=1S/C14H12Br3NO2S2/c1-20-10-5-9(15)14(13(17)12(10)16)18-11(19)7-21-6-8-3-2-4-22-8/h2-5H,6-7H2,1H3,(H,18,19). The number of carbonyl (C=O) groups excluding carboxylic acids is 1. The van der Waals surface area contributed by atoms with Gasteiger partial charge in [-0.3, -0.25) is 4.79 Å². The van der Waals surface area contributed by atoms with Crippen molar-refractivity contribution in [3.63, 3.8) is 0 Å². The van der Waals surface area contributed by atoms with Crippen LogP contribution in [-0.2, 0) is 10.5 Å². The Kier molecular flexibility index (Phi) is 7.27. The summed E-state index contributed by atoms with van der Waals surface area (Å²) in [6.07, 6.45) is 0. The second-order valence-electron chi connectivity index (χ2n) is 4.18. The molecule has 0 aliphatic carbocycles. The maximum absolute atomic E-state index is 12.1. The largest absolute Gasteiger partial charge is 0.495 e. The lowest BCUT2D eigenvalue weighted by molar-refractivity contribution is -0.113. The van der Waals surface area contributed by atoms with Crippen molar-refractivity contribution in [3.8, 4) is 5.75 Å². The molecule has 1 heterocycles. The first kappa shape index (κ1) is 18.3. The molecule has 1 amide bonds. The van der Waals surface area contributed by atoms with E-state index in [1.54, 1.807) is 30.2 Å². The minimum atomic E-state index is -0.0416. The molecule has 118 valence electrons. The van der Waals surface area contributed by atoms with Crippen LogP contribution >= 0.6 is 70.9 Å². The summed E-state index contributed by atoms with van der Waals surface area (Å²) in [6, 6.07) is 5.90. The van der Waals surface area contributed by atoms with E-state index in [0.29, 0.717) is 17.2 Å². The number of carbonyl (C=O) groups is 1. The molecular weight excluding hydrogens is 518 g/mol. The number of ether oxygens (including phenoxy) is 1. The highest BCUT2D eigenvalue weighted by molar-refractivity contribution is 9.13. The number of thioether (sulfide) groups is 1. The van der Waals surface area contributed by atoms with Crippen LogP contribution in [0.25, 0.3) is 0 Å². The molecule has 1 aromatic carbocycles.